The molecule has 1 unspecified atom stereocenters. The highest BCUT2D eigenvalue weighted by atomic mass is 32.2. The molecule has 0 radical (unpaired) electrons. The normalized spacial score (nSPS) is 26.1. The van der Waals surface area contributed by atoms with Crippen molar-refractivity contribution in [3.8, 4) is 0 Å². The summed E-state index contributed by atoms with van der Waals surface area (Å²) in [4.78, 5) is 0. The summed E-state index contributed by atoms with van der Waals surface area (Å²) in [5, 5.41) is 3.21. The average Bonchev–Trinajstić information content (AvgIpc) is 2.91. The third-order valence-corrected chi connectivity index (χ3v) is 4.89. The highest BCUT2D eigenvalue weighted by Crippen LogP contribution is 2.27. The molecule has 0 spiro atoms. The van der Waals surface area contributed by atoms with Crippen LogP contribution in [-0.2, 0) is 14.6 Å². The van der Waals surface area contributed by atoms with Gasteiger partial charge in [0.1, 0.15) is 0 Å². The SMILES string of the molecule is O=S(=O)(CCNCC1CC1)CC1CCCO1. The minimum Gasteiger partial charge on any atom is -0.377 e. The monoisotopic (exact) mass is 247 g/mol. The van der Waals surface area contributed by atoms with Crippen molar-refractivity contribution in [3.63, 3.8) is 0 Å². The van der Waals surface area contributed by atoms with Crippen molar-refractivity contribution in [2.24, 2.45) is 5.92 Å². The number of hydrogen-bond acceptors (Lipinski definition) is 4. The van der Waals surface area contributed by atoms with Crippen LogP contribution in [0.1, 0.15) is 25.7 Å². The lowest BCUT2D eigenvalue weighted by molar-refractivity contribution is 0.127. The van der Waals surface area contributed by atoms with Crippen LogP contribution in [0.4, 0.5) is 0 Å². The Balaban J connectivity index is 1.61. The second-order valence-electron chi connectivity index (χ2n) is 4.90. The van der Waals surface area contributed by atoms with Gasteiger partial charge in [0.05, 0.1) is 17.6 Å². The van der Waals surface area contributed by atoms with Crippen LogP contribution in [0.5, 0.6) is 0 Å². The van der Waals surface area contributed by atoms with E-state index in [1.165, 1.54) is 12.8 Å². The Kier molecular flexibility index (Phi) is 4.21. The van der Waals surface area contributed by atoms with E-state index in [0.717, 1.165) is 31.9 Å². The van der Waals surface area contributed by atoms with E-state index < -0.39 is 9.84 Å². The van der Waals surface area contributed by atoms with Crippen molar-refractivity contribution in [3.05, 3.63) is 0 Å². The first-order valence-corrected chi connectivity index (χ1v) is 8.00. The number of rotatable bonds is 7. The summed E-state index contributed by atoms with van der Waals surface area (Å²) in [6, 6.07) is 0. The molecule has 1 aliphatic carbocycles. The highest BCUT2D eigenvalue weighted by Gasteiger charge is 2.24. The fourth-order valence-corrected chi connectivity index (χ4v) is 3.45. The second-order valence-corrected chi connectivity index (χ2v) is 7.13. The molecule has 5 heteroatoms. The van der Waals surface area contributed by atoms with Crippen molar-refractivity contribution in [1.29, 1.82) is 0 Å². The first-order valence-electron chi connectivity index (χ1n) is 6.18. The van der Waals surface area contributed by atoms with Crippen LogP contribution in [0.25, 0.3) is 0 Å². The molecule has 0 aromatic heterocycles. The van der Waals surface area contributed by atoms with Gasteiger partial charge < -0.3 is 10.1 Å². The molecule has 4 nitrogen and oxygen atoms in total. The predicted octanol–water partition coefficient (Wildman–Crippen LogP) is 0.580. The van der Waals surface area contributed by atoms with Gasteiger partial charge in [-0.3, -0.25) is 0 Å². The molecule has 16 heavy (non-hydrogen) atoms. The van der Waals surface area contributed by atoms with E-state index in [0.29, 0.717) is 6.54 Å². The minimum absolute atomic E-state index is 0.0477. The first kappa shape index (κ1) is 12.3. The Labute approximate surface area is 97.7 Å². The molecular formula is C11H21NO3S. The summed E-state index contributed by atoms with van der Waals surface area (Å²) in [6.45, 7) is 2.29. The molecule has 0 aromatic rings. The molecule has 0 amide bonds. The molecule has 0 bridgehead atoms. The quantitative estimate of drug-likeness (QED) is 0.669. The van der Waals surface area contributed by atoms with Crippen molar-refractivity contribution in [2.45, 2.75) is 31.8 Å². The number of ether oxygens (including phenoxy) is 1. The van der Waals surface area contributed by atoms with Crippen LogP contribution in [0.2, 0.25) is 0 Å². The maximum Gasteiger partial charge on any atom is 0.154 e. The molecule has 1 saturated carbocycles. The topological polar surface area (TPSA) is 55.4 Å². The third-order valence-electron chi connectivity index (χ3n) is 3.18. The molecule has 1 atom stereocenters. The van der Waals surface area contributed by atoms with Gasteiger partial charge in [-0.15, -0.1) is 0 Å². The van der Waals surface area contributed by atoms with E-state index in [9.17, 15) is 8.42 Å². The Bertz CT molecular complexity index is 305. The zero-order chi connectivity index (χ0) is 11.4. The summed E-state index contributed by atoms with van der Waals surface area (Å²) >= 11 is 0. The third kappa shape index (κ3) is 4.39. The van der Waals surface area contributed by atoms with Gasteiger partial charge in [0.15, 0.2) is 9.84 Å². The van der Waals surface area contributed by atoms with Gasteiger partial charge in [0.2, 0.25) is 0 Å². The lowest BCUT2D eigenvalue weighted by Gasteiger charge is -2.10. The lowest BCUT2D eigenvalue weighted by atomic mass is 10.3. The van der Waals surface area contributed by atoms with Gasteiger partial charge in [0.25, 0.3) is 0 Å². The van der Waals surface area contributed by atoms with Crippen LogP contribution >= 0.6 is 0 Å². The van der Waals surface area contributed by atoms with E-state index in [1.54, 1.807) is 0 Å². The highest BCUT2D eigenvalue weighted by molar-refractivity contribution is 7.91. The summed E-state index contributed by atoms with van der Waals surface area (Å²) in [5.41, 5.74) is 0. The Morgan fingerprint density at radius 1 is 1.25 bits per heavy atom. The Hall–Kier alpha value is -0.130. The van der Waals surface area contributed by atoms with Crippen LogP contribution in [0.3, 0.4) is 0 Å². The smallest absolute Gasteiger partial charge is 0.154 e. The minimum atomic E-state index is -2.93. The van der Waals surface area contributed by atoms with Gasteiger partial charge in [-0.05, 0) is 38.1 Å². The van der Waals surface area contributed by atoms with E-state index in [-0.39, 0.29) is 17.6 Å². The molecular weight excluding hydrogens is 226 g/mol. The molecule has 1 heterocycles. The second kappa shape index (κ2) is 5.47. The van der Waals surface area contributed by atoms with Crippen molar-refractivity contribution in [1.82, 2.24) is 5.32 Å². The average molecular weight is 247 g/mol. The largest absolute Gasteiger partial charge is 0.377 e. The molecule has 2 rings (SSSR count). The zero-order valence-corrected chi connectivity index (χ0v) is 10.5. The molecule has 1 saturated heterocycles. The molecule has 0 aromatic carbocycles. The standard InChI is InChI=1S/C11H21NO3S/c13-16(14,9-11-2-1-6-15-11)7-5-12-8-10-3-4-10/h10-12H,1-9H2. The Morgan fingerprint density at radius 2 is 2.06 bits per heavy atom. The summed E-state index contributed by atoms with van der Waals surface area (Å²) in [6.07, 6.45) is 4.45. The summed E-state index contributed by atoms with van der Waals surface area (Å²) < 4.78 is 28.8. The number of sulfone groups is 1. The van der Waals surface area contributed by atoms with Crippen molar-refractivity contribution in [2.75, 3.05) is 31.2 Å². The molecule has 2 fully saturated rings. The van der Waals surface area contributed by atoms with Gasteiger partial charge in [-0.25, -0.2) is 8.42 Å². The van der Waals surface area contributed by atoms with Crippen LogP contribution in [0, 0.1) is 5.92 Å². The number of nitrogens with one attached hydrogen (secondary N) is 1. The zero-order valence-electron chi connectivity index (χ0n) is 9.65. The van der Waals surface area contributed by atoms with E-state index in [2.05, 4.69) is 5.32 Å². The first-order chi connectivity index (χ1) is 7.66. The maximum absolute atomic E-state index is 11.7. The van der Waals surface area contributed by atoms with Gasteiger partial charge in [0, 0.05) is 13.2 Å². The molecule has 1 aliphatic heterocycles. The van der Waals surface area contributed by atoms with Gasteiger partial charge in [-0.1, -0.05) is 0 Å². The predicted molar refractivity (Wildman–Crippen MR) is 63.2 cm³/mol. The van der Waals surface area contributed by atoms with Gasteiger partial charge >= 0.3 is 0 Å². The van der Waals surface area contributed by atoms with Crippen molar-refractivity contribution >= 4 is 9.84 Å². The number of hydrogen-bond donors (Lipinski definition) is 1. The Morgan fingerprint density at radius 3 is 2.69 bits per heavy atom. The van der Waals surface area contributed by atoms with Crippen molar-refractivity contribution < 1.29 is 13.2 Å². The summed E-state index contributed by atoms with van der Waals surface area (Å²) in [7, 11) is -2.93. The maximum atomic E-state index is 11.7. The van der Waals surface area contributed by atoms with E-state index in [1.807, 2.05) is 0 Å². The molecule has 94 valence electrons. The van der Waals surface area contributed by atoms with E-state index in [4.69, 9.17) is 4.74 Å². The molecule has 1 N–H and O–H groups in total. The lowest BCUT2D eigenvalue weighted by Crippen LogP contribution is -2.29. The van der Waals surface area contributed by atoms with Crippen LogP contribution in [0.15, 0.2) is 0 Å². The summed E-state index contributed by atoms with van der Waals surface area (Å²) in [5.74, 6) is 1.26. The molecule has 2 aliphatic rings. The van der Waals surface area contributed by atoms with E-state index >= 15 is 0 Å². The fourth-order valence-electron chi connectivity index (χ4n) is 2.00. The van der Waals surface area contributed by atoms with Crippen LogP contribution < -0.4 is 5.32 Å². The van der Waals surface area contributed by atoms with Crippen LogP contribution in [-0.4, -0.2) is 45.7 Å². The fraction of sp³-hybridized carbons (Fsp3) is 1.00. The van der Waals surface area contributed by atoms with Gasteiger partial charge in [-0.2, -0.15) is 0 Å².